The molecule has 1 heterocycles. The summed E-state index contributed by atoms with van der Waals surface area (Å²) in [6.07, 6.45) is 1.83. The van der Waals surface area contributed by atoms with E-state index in [2.05, 4.69) is 34.1 Å². The van der Waals surface area contributed by atoms with Crippen molar-refractivity contribution in [1.29, 1.82) is 0 Å². The highest BCUT2D eigenvalue weighted by Crippen LogP contribution is 2.20. The van der Waals surface area contributed by atoms with Crippen molar-refractivity contribution in [1.82, 2.24) is 5.32 Å². The number of carboxylic acids is 1. The Hall–Kier alpha value is -1.93. The number of urea groups is 1. The normalized spacial score (nSPS) is 10.3. The lowest BCUT2D eigenvalue weighted by Crippen LogP contribution is -2.35. The Balaban J connectivity index is 1.85. The minimum absolute atomic E-state index is 0.252. The van der Waals surface area contributed by atoms with Crippen molar-refractivity contribution < 1.29 is 19.1 Å². The molecule has 22 heavy (non-hydrogen) atoms. The van der Waals surface area contributed by atoms with Crippen LogP contribution in [0.2, 0.25) is 0 Å². The summed E-state index contributed by atoms with van der Waals surface area (Å²) in [4.78, 5) is 22.6. The highest BCUT2D eigenvalue weighted by Gasteiger charge is 2.17. The number of carboxylic acid groups (broad SMARTS) is 1. The third kappa shape index (κ3) is 4.28. The molecular weight excluding hydrogens is 372 g/mol. The molecule has 0 aliphatic rings. The SMILES string of the molecule is O=C(O)c1cc(N(S)C(=O)NCCc2ccc(Br)cc2)co1. The van der Waals surface area contributed by atoms with Crippen LogP contribution in [0.5, 0.6) is 0 Å². The molecule has 0 saturated heterocycles. The lowest BCUT2D eigenvalue weighted by Gasteiger charge is -2.14. The van der Waals surface area contributed by atoms with E-state index >= 15 is 0 Å². The molecule has 0 radical (unpaired) electrons. The van der Waals surface area contributed by atoms with Gasteiger partial charge in [-0.1, -0.05) is 40.9 Å². The first-order chi connectivity index (χ1) is 10.5. The van der Waals surface area contributed by atoms with Crippen LogP contribution in [0.4, 0.5) is 10.5 Å². The number of hydrogen-bond donors (Lipinski definition) is 3. The summed E-state index contributed by atoms with van der Waals surface area (Å²) in [7, 11) is 0. The van der Waals surface area contributed by atoms with E-state index < -0.39 is 12.0 Å². The van der Waals surface area contributed by atoms with Gasteiger partial charge >= 0.3 is 12.0 Å². The number of amides is 2. The fraction of sp³-hybridized carbons (Fsp3) is 0.143. The van der Waals surface area contributed by atoms with Gasteiger partial charge in [-0.25, -0.2) is 13.9 Å². The first-order valence-electron chi connectivity index (χ1n) is 6.30. The summed E-state index contributed by atoms with van der Waals surface area (Å²) in [6, 6.07) is 8.55. The van der Waals surface area contributed by atoms with Crippen LogP contribution < -0.4 is 9.62 Å². The molecule has 0 fully saturated rings. The van der Waals surface area contributed by atoms with E-state index in [1.54, 1.807) is 0 Å². The van der Waals surface area contributed by atoms with E-state index in [1.165, 1.54) is 6.07 Å². The Bertz CT molecular complexity index is 672. The maximum Gasteiger partial charge on any atom is 0.371 e. The predicted octanol–water partition coefficient (Wildman–Crippen LogP) is 3.34. The number of rotatable bonds is 5. The number of anilines is 1. The van der Waals surface area contributed by atoms with E-state index in [0.717, 1.165) is 20.6 Å². The van der Waals surface area contributed by atoms with Gasteiger partial charge in [0.05, 0.1) is 5.69 Å². The average molecular weight is 385 g/mol. The molecule has 116 valence electrons. The molecule has 0 atom stereocenters. The van der Waals surface area contributed by atoms with Crippen LogP contribution in [0.15, 0.2) is 45.5 Å². The minimum Gasteiger partial charge on any atom is -0.475 e. The zero-order valence-corrected chi connectivity index (χ0v) is 13.8. The van der Waals surface area contributed by atoms with Gasteiger partial charge in [0.1, 0.15) is 6.26 Å². The molecule has 2 N–H and O–H groups in total. The van der Waals surface area contributed by atoms with Crippen molar-refractivity contribution in [3.8, 4) is 0 Å². The minimum atomic E-state index is -1.20. The van der Waals surface area contributed by atoms with Gasteiger partial charge < -0.3 is 14.8 Å². The van der Waals surface area contributed by atoms with E-state index in [9.17, 15) is 9.59 Å². The second-order valence-electron chi connectivity index (χ2n) is 4.39. The number of furan rings is 1. The molecule has 1 aromatic carbocycles. The first-order valence-corrected chi connectivity index (χ1v) is 7.50. The van der Waals surface area contributed by atoms with E-state index in [0.29, 0.717) is 13.0 Å². The molecule has 0 unspecified atom stereocenters. The van der Waals surface area contributed by atoms with Crippen molar-refractivity contribution in [3.05, 3.63) is 52.4 Å². The molecule has 0 aliphatic carbocycles. The molecular formula is C14H13BrN2O4S. The van der Waals surface area contributed by atoms with Gasteiger partial charge in [0, 0.05) is 17.1 Å². The van der Waals surface area contributed by atoms with Gasteiger partial charge in [0.2, 0.25) is 5.76 Å². The highest BCUT2D eigenvalue weighted by atomic mass is 79.9. The molecule has 0 aliphatic heterocycles. The Morgan fingerprint density at radius 3 is 2.59 bits per heavy atom. The van der Waals surface area contributed by atoms with Gasteiger partial charge in [0.25, 0.3) is 0 Å². The standard InChI is InChI=1S/C14H13BrN2O4S/c15-10-3-1-9(2-4-10)5-6-16-14(20)17(22)11-7-12(13(18)19)21-8-11/h1-4,7-8,22H,5-6H2,(H,16,20)(H,18,19). The van der Waals surface area contributed by atoms with Crippen molar-refractivity contribution in [2.75, 3.05) is 10.8 Å². The Kier molecular flexibility index (Phi) is 5.51. The van der Waals surface area contributed by atoms with Crippen LogP contribution in [0.3, 0.4) is 0 Å². The summed E-state index contributed by atoms with van der Waals surface area (Å²) in [5, 5.41) is 11.5. The second kappa shape index (κ2) is 7.37. The molecule has 0 spiro atoms. The van der Waals surface area contributed by atoms with Crippen LogP contribution >= 0.6 is 28.7 Å². The molecule has 0 bridgehead atoms. The molecule has 2 rings (SSSR count). The van der Waals surface area contributed by atoms with Crippen LogP contribution in [-0.2, 0) is 6.42 Å². The Morgan fingerprint density at radius 1 is 1.32 bits per heavy atom. The lowest BCUT2D eigenvalue weighted by molar-refractivity contribution is 0.0662. The highest BCUT2D eigenvalue weighted by molar-refractivity contribution is 9.10. The lowest BCUT2D eigenvalue weighted by atomic mass is 10.1. The van der Waals surface area contributed by atoms with Gasteiger partial charge in [-0.3, -0.25) is 0 Å². The fourth-order valence-electron chi connectivity index (χ4n) is 1.71. The molecule has 2 amide bonds. The Labute approximate surface area is 140 Å². The monoisotopic (exact) mass is 384 g/mol. The number of benzene rings is 1. The van der Waals surface area contributed by atoms with Crippen molar-refractivity contribution in [3.63, 3.8) is 0 Å². The molecule has 0 saturated carbocycles. The number of halogens is 1. The number of hydrogen-bond acceptors (Lipinski definition) is 4. The summed E-state index contributed by atoms with van der Waals surface area (Å²) in [6.45, 7) is 0.432. The smallest absolute Gasteiger partial charge is 0.371 e. The number of carbonyl (C=O) groups excluding carboxylic acids is 1. The predicted molar refractivity (Wildman–Crippen MR) is 88.4 cm³/mol. The van der Waals surface area contributed by atoms with Gasteiger partial charge in [-0.15, -0.1) is 0 Å². The molecule has 2 aromatic rings. The third-order valence-electron chi connectivity index (χ3n) is 2.84. The quantitative estimate of drug-likeness (QED) is 0.690. The van der Waals surface area contributed by atoms with Crippen LogP contribution in [0.1, 0.15) is 16.1 Å². The average Bonchev–Trinajstić information content (AvgIpc) is 2.98. The summed E-state index contributed by atoms with van der Waals surface area (Å²) in [5.41, 5.74) is 1.34. The fourth-order valence-corrected chi connectivity index (χ4v) is 2.15. The van der Waals surface area contributed by atoms with Gasteiger partial charge in [0.15, 0.2) is 0 Å². The zero-order chi connectivity index (χ0) is 16.1. The number of aromatic carboxylic acids is 1. The first kappa shape index (κ1) is 16.4. The number of carbonyl (C=O) groups is 2. The third-order valence-corrected chi connectivity index (χ3v) is 3.78. The maximum absolute atomic E-state index is 11.9. The number of nitrogens with one attached hydrogen (secondary N) is 1. The van der Waals surface area contributed by atoms with Crippen LogP contribution in [-0.4, -0.2) is 23.7 Å². The summed E-state index contributed by atoms with van der Waals surface area (Å²) >= 11 is 7.39. The molecule has 1 aromatic heterocycles. The number of thiol groups is 1. The van der Waals surface area contributed by atoms with E-state index in [-0.39, 0.29) is 11.4 Å². The largest absolute Gasteiger partial charge is 0.475 e. The topological polar surface area (TPSA) is 82.8 Å². The zero-order valence-electron chi connectivity index (χ0n) is 11.3. The Morgan fingerprint density at radius 2 is 2.00 bits per heavy atom. The van der Waals surface area contributed by atoms with Crippen molar-refractivity contribution >= 4 is 46.4 Å². The van der Waals surface area contributed by atoms with Crippen LogP contribution in [0, 0.1) is 0 Å². The number of nitrogens with zero attached hydrogens (tertiary/aromatic N) is 1. The molecule has 8 heteroatoms. The van der Waals surface area contributed by atoms with E-state index in [1.807, 2.05) is 24.3 Å². The van der Waals surface area contributed by atoms with Crippen molar-refractivity contribution in [2.24, 2.45) is 0 Å². The van der Waals surface area contributed by atoms with Gasteiger partial charge in [-0.2, -0.15) is 0 Å². The second-order valence-corrected chi connectivity index (χ2v) is 5.71. The maximum atomic E-state index is 11.9. The summed E-state index contributed by atoms with van der Waals surface area (Å²) < 4.78 is 6.80. The summed E-state index contributed by atoms with van der Waals surface area (Å²) in [5.74, 6) is -1.46. The van der Waals surface area contributed by atoms with Crippen molar-refractivity contribution in [2.45, 2.75) is 6.42 Å². The molecule has 6 nitrogen and oxygen atoms in total. The van der Waals surface area contributed by atoms with E-state index in [4.69, 9.17) is 9.52 Å². The van der Waals surface area contributed by atoms with Crippen LogP contribution in [0.25, 0.3) is 0 Å². The van der Waals surface area contributed by atoms with Gasteiger partial charge in [-0.05, 0) is 24.1 Å².